The molecule has 7 nitrogen and oxygen atoms in total. The van der Waals surface area contributed by atoms with Gasteiger partial charge >= 0.3 is 0 Å². The molecule has 0 amide bonds. The second-order valence-electron chi connectivity index (χ2n) is 8.97. The summed E-state index contributed by atoms with van der Waals surface area (Å²) in [5, 5.41) is 12.0. The molecule has 1 aliphatic rings. The second kappa shape index (κ2) is 12.9. The largest absolute Gasteiger partial charge is 0.480 e. The molecule has 2 aromatic heterocycles. The van der Waals surface area contributed by atoms with Gasteiger partial charge in [-0.25, -0.2) is 9.97 Å². The first-order chi connectivity index (χ1) is 15.7. The maximum atomic E-state index is 8.52. The fourth-order valence-electron chi connectivity index (χ4n) is 3.18. The van der Waals surface area contributed by atoms with E-state index in [4.69, 9.17) is 14.8 Å². The predicted molar refractivity (Wildman–Crippen MR) is 141 cm³/mol. The van der Waals surface area contributed by atoms with E-state index in [-0.39, 0.29) is 0 Å². The minimum atomic E-state index is -0.500. The molecule has 0 spiro atoms. The van der Waals surface area contributed by atoms with E-state index < -0.39 is 5.60 Å². The highest BCUT2D eigenvalue weighted by Gasteiger charge is 2.15. The van der Waals surface area contributed by atoms with Crippen LogP contribution < -0.4 is 15.0 Å². The van der Waals surface area contributed by atoms with E-state index in [0.29, 0.717) is 5.88 Å². The quantitative estimate of drug-likeness (QED) is 0.430. The van der Waals surface area contributed by atoms with Crippen LogP contribution >= 0.6 is 15.9 Å². The third-order valence-electron chi connectivity index (χ3n) is 4.44. The van der Waals surface area contributed by atoms with E-state index in [0.717, 1.165) is 59.5 Å². The summed E-state index contributed by atoms with van der Waals surface area (Å²) in [5.74, 6) is 1.32. The molecule has 3 heterocycles. The second-order valence-corrected chi connectivity index (χ2v) is 9.88. The fraction of sp³-hybridized carbons (Fsp3) is 0.520. The van der Waals surface area contributed by atoms with Crippen LogP contribution in [0, 0.1) is 0 Å². The SMILES string of the molecule is CC(C)(C)O.CCC.COc1ncc(Br)cc1-c1nc2ccc(N3CCCNCC3)cc2[nH]1. The van der Waals surface area contributed by atoms with Crippen molar-refractivity contribution in [1.82, 2.24) is 20.3 Å². The molecule has 182 valence electrons. The average Bonchev–Trinajstić information content (AvgIpc) is 2.98. The Morgan fingerprint density at radius 3 is 2.52 bits per heavy atom. The Morgan fingerprint density at radius 2 is 1.85 bits per heavy atom. The smallest absolute Gasteiger partial charge is 0.224 e. The van der Waals surface area contributed by atoms with E-state index >= 15 is 0 Å². The number of anilines is 1. The number of nitrogens with one attached hydrogen (secondary N) is 2. The van der Waals surface area contributed by atoms with E-state index in [1.807, 2.05) is 6.07 Å². The molecule has 0 bridgehead atoms. The molecule has 1 fully saturated rings. The van der Waals surface area contributed by atoms with Crippen molar-refractivity contribution < 1.29 is 9.84 Å². The van der Waals surface area contributed by atoms with Crippen molar-refractivity contribution >= 4 is 32.7 Å². The van der Waals surface area contributed by atoms with Crippen molar-refractivity contribution in [3.8, 4) is 17.3 Å². The Kier molecular flexibility index (Phi) is 10.6. The third-order valence-corrected chi connectivity index (χ3v) is 4.87. The average molecular weight is 521 g/mol. The number of rotatable bonds is 3. The molecule has 3 aromatic rings. The van der Waals surface area contributed by atoms with Crippen molar-refractivity contribution in [2.75, 3.05) is 38.2 Å². The molecule has 0 radical (unpaired) electrons. The van der Waals surface area contributed by atoms with Crippen molar-refractivity contribution in [2.45, 2.75) is 53.1 Å². The number of fused-ring (bicyclic) bond motifs is 1. The van der Waals surface area contributed by atoms with Crippen LogP contribution in [-0.4, -0.2) is 58.9 Å². The van der Waals surface area contributed by atoms with Crippen LogP contribution in [0.15, 0.2) is 34.9 Å². The van der Waals surface area contributed by atoms with Crippen molar-refractivity contribution in [1.29, 1.82) is 0 Å². The van der Waals surface area contributed by atoms with Gasteiger partial charge in [0, 0.05) is 36.0 Å². The maximum Gasteiger partial charge on any atom is 0.224 e. The zero-order valence-electron chi connectivity index (χ0n) is 20.7. The van der Waals surface area contributed by atoms with E-state index in [9.17, 15) is 0 Å². The lowest BCUT2D eigenvalue weighted by molar-refractivity contribution is 0.102. The Labute approximate surface area is 206 Å². The molecular formula is C25H38BrN5O2. The van der Waals surface area contributed by atoms with Crippen LogP contribution in [0.25, 0.3) is 22.4 Å². The highest BCUT2D eigenvalue weighted by Crippen LogP contribution is 2.31. The Balaban J connectivity index is 0.000000420. The summed E-state index contributed by atoms with van der Waals surface area (Å²) < 4.78 is 6.27. The van der Waals surface area contributed by atoms with Crippen LogP contribution in [0.5, 0.6) is 5.88 Å². The van der Waals surface area contributed by atoms with E-state index in [2.05, 4.69) is 68.2 Å². The lowest BCUT2D eigenvalue weighted by Gasteiger charge is -2.22. The number of benzene rings is 1. The van der Waals surface area contributed by atoms with Crippen LogP contribution in [-0.2, 0) is 0 Å². The van der Waals surface area contributed by atoms with Crippen LogP contribution in [0.4, 0.5) is 5.69 Å². The number of aromatic nitrogens is 3. The number of H-pyrrole nitrogens is 1. The monoisotopic (exact) mass is 519 g/mol. The van der Waals surface area contributed by atoms with E-state index in [1.165, 1.54) is 12.1 Å². The van der Waals surface area contributed by atoms with Crippen LogP contribution in [0.3, 0.4) is 0 Å². The summed E-state index contributed by atoms with van der Waals surface area (Å²) in [6.07, 6.45) is 4.13. The van der Waals surface area contributed by atoms with Gasteiger partial charge in [-0.3, -0.25) is 0 Å². The molecule has 0 atom stereocenters. The summed E-state index contributed by atoms with van der Waals surface area (Å²) in [6, 6.07) is 8.36. The van der Waals surface area contributed by atoms with Gasteiger partial charge in [0.2, 0.25) is 5.88 Å². The summed E-state index contributed by atoms with van der Waals surface area (Å²) >= 11 is 3.47. The number of aromatic amines is 1. The molecule has 1 saturated heterocycles. The number of imidazole rings is 1. The van der Waals surface area contributed by atoms with Gasteiger partial charge in [0.15, 0.2) is 0 Å². The molecule has 1 aromatic carbocycles. The summed E-state index contributed by atoms with van der Waals surface area (Å²) in [5.41, 5.74) is 3.53. The van der Waals surface area contributed by atoms with Gasteiger partial charge in [0.25, 0.3) is 0 Å². The molecule has 4 rings (SSSR count). The first kappa shape index (κ1) is 27.1. The zero-order chi connectivity index (χ0) is 24.4. The predicted octanol–water partition coefficient (Wildman–Crippen LogP) is 5.39. The molecule has 3 N–H and O–H groups in total. The number of aliphatic hydroxyl groups is 1. The molecule has 1 aliphatic heterocycles. The van der Waals surface area contributed by atoms with E-state index in [1.54, 1.807) is 34.1 Å². The molecule has 0 saturated carbocycles. The first-order valence-corrected chi connectivity index (χ1v) is 12.3. The lowest BCUT2D eigenvalue weighted by Crippen LogP contribution is -2.27. The number of pyridine rings is 1. The Morgan fingerprint density at radius 1 is 1.15 bits per heavy atom. The number of hydrogen-bond donors (Lipinski definition) is 3. The summed E-state index contributed by atoms with van der Waals surface area (Å²) in [4.78, 5) is 14.8. The standard InChI is InChI=1S/C18H20BrN5O.C4H10O.C3H8/c1-25-18-14(9-12(19)11-21-18)17-22-15-4-3-13(10-16(15)23-17)24-7-2-5-20-6-8-24;1-4(2,3)5;1-3-2/h3-4,9-11,20H,2,5-8H2,1H3,(H,22,23);5H,1-3H3;3H2,1-2H3. The number of nitrogens with zero attached hydrogens (tertiary/aromatic N) is 3. The molecule has 8 heteroatoms. The van der Waals surface area contributed by atoms with Gasteiger partial charge in [-0.2, -0.15) is 0 Å². The summed E-state index contributed by atoms with van der Waals surface area (Å²) in [6.45, 7) is 13.7. The van der Waals surface area contributed by atoms with Gasteiger partial charge in [-0.15, -0.1) is 0 Å². The number of hydrogen-bond acceptors (Lipinski definition) is 6. The number of ether oxygens (including phenoxy) is 1. The number of halogens is 1. The molecule has 0 aliphatic carbocycles. The van der Waals surface area contributed by atoms with Crippen LogP contribution in [0.1, 0.15) is 47.5 Å². The normalized spacial score (nSPS) is 14.0. The van der Waals surface area contributed by atoms with Gasteiger partial charge in [0.1, 0.15) is 5.82 Å². The van der Waals surface area contributed by atoms with Crippen molar-refractivity contribution in [2.24, 2.45) is 0 Å². The minimum absolute atomic E-state index is 0.500. The third kappa shape index (κ3) is 8.95. The topological polar surface area (TPSA) is 86.3 Å². The van der Waals surface area contributed by atoms with Gasteiger partial charge in [-0.1, -0.05) is 20.3 Å². The number of methoxy groups -OCH3 is 1. The zero-order valence-corrected chi connectivity index (χ0v) is 22.3. The Hall–Kier alpha value is -2.16. The van der Waals surface area contributed by atoms with Gasteiger partial charge in [0.05, 0.1) is 29.3 Å². The van der Waals surface area contributed by atoms with Crippen molar-refractivity contribution in [3.05, 3.63) is 34.9 Å². The molecule has 0 unspecified atom stereocenters. The van der Waals surface area contributed by atoms with Crippen LogP contribution in [0.2, 0.25) is 0 Å². The summed E-state index contributed by atoms with van der Waals surface area (Å²) in [7, 11) is 1.62. The lowest BCUT2D eigenvalue weighted by atomic mass is 10.2. The molecular weight excluding hydrogens is 482 g/mol. The van der Waals surface area contributed by atoms with Gasteiger partial charge < -0.3 is 25.0 Å². The highest BCUT2D eigenvalue weighted by atomic mass is 79.9. The maximum absolute atomic E-state index is 8.52. The minimum Gasteiger partial charge on any atom is -0.480 e. The Bertz CT molecular complexity index is 986. The highest BCUT2D eigenvalue weighted by molar-refractivity contribution is 9.10. The van der Waals surface area contributed by atoms with Gasteiger partial charge in [-0.05, 0) is 73.9 Å². The van der Waals surface area contributed by atoms with Crippen molar-refractivity contribution in [3.63, 3.8) is 0 Å². The first-order valence-electron chi connectivity index (χ1n) is 11.5. The fourth-order valence-corrected chi connectivity index (χ4v) is 3.52. The molecule has 33 heavy (non-hydrogen) atoms.